The molecule has 0 saturated carbocycles. The maximum absolute atomic E-state index is 11.7. The highest BCUT2D eigenvalue weighted by Gasteiger charge is 2.21. The summed E-state index contributed by atoms with van der Waals surface area (Å²) in [6.07, 6.45) is -0.0496. The number of halogens is 1. The lowest BCUT2D eigenvalue weighted by Gasteiger charge is -2.20. The molecule has 1 aromatic carbocycles. The first-order valence-corrected chi connectivity index (χ1v) is 7.17. The highest BCUT2D eigenvalue weighted by Crippen LogP contribution is 2.28. The molecule has 0 aliphatic heterocycles. The third-order valence-corrected chi connectivity index (χ3v) is 3.15. The summed E-state index contributed by atoms with van der Waals surface area (Å²) in [5, 5.41) is 0. The van der Waals surface area contributed by atoms with Gasteiger partial charge in [0.25, 0.3) is 0 Å². The maximum Gasteiger partial charge on any atom is 0.347 e. The molecule has 0 aromatic heterocycles. The molecule has 106 valence electrons. The Morgan fingerprint density at radius 1 is 1.42 bits per heavy atom. The van der Waals surface area contributed by atoms with Crippen LogP contribution >= 0.6 is 15.9 Å². The second-order valence-electron chi connectivity index (χ2n) is 4.24. The molecule has 2 N–H and O–H groups in total. The van der Waals surface area contributed by atoms with Gasteiger partial charge in [0.15, 0.2) is 6.10 Å². The van der Waals surface area contributed by atoms with Crippen molar-refractivity contribution < 1.29 is 14.3 Å². The largest absolute Gasteiger partial charge is 0.478 e. The summed E-state index contributed by atoms with van der Waals surface area (Å²) in [5.41, 5.74) is 6.78. The topological polar surface area (TPSA) is 61.5 Å². The lowest BCUT2D eigenvalue weighted by Crippen LogP contribution is -2.29. The van der Waals surface area contributed by atoms with E-state index in [0.29, 0.717) is 18.8 Å². The van der Waals surface area contributed by atoms with E-state index in [-0.39, 0.29) is 12.0 Å². The number of nitrogens with two attached hydrogens (primary N) is 1. The molecule has 0 bridgehead atoms. The average Bonchev–Trinajstić information content (AvgIpc) is 2.37. The zero-order valence-electron chi connectivity index (χ0n) is 11.5. The van der Waals surface area contributed by atoms with Crippen LogP contribution in [0.5, 0.6) is 5.75 Å². The SMILES string of the molecule is CCOC(=O)C(CC)Oc1ccc(Br)cc1[C@@H](C)N. The Labute approximate surface area is 122 Å². The Morgan fingerprint density at radius 2 is 2.11 bits per heavy atom. The van der Waals surface area contributed by atoms with E-state index in [0.717, 1.165) is 10.0 Å². The molecule has 19 heavy (non-hydrogen) atoms. The van der Waals surface area contributed by atoms with Crippen LogP contribution in [0.25, 0.3) is 0 Å². The summed E-state index contributed by atoms with van der Waals surface area (Å²) in [6.45, 7) is 5.88. The molecule has 0 amide bonds. The number of rotatable bonds is 6. The lowest BCUT2D eigenvalue weighted by atomic mass is 10.1. The molecule has 0 aliphatic carbocycles. The number of carbonyl (C=O) groups is 1. The average molecular weight is 330 g/mol. The molecular formula is C14H20BrNO3. The second kappa shape index (κ2) is 7.50. The van der Waals surface area contributed by atoms with E-state index in [1.165, 1.54) is 0 Å². The predicted octanol–water partition coefficient (Wildman–Crippen LogP) is 3.19. The van der Waals surface area contributed by atoms with Crippen molar-refractivity contribution >= 4 is 21.9 Å². The zero-order chi connectivity index (χ0) is 14.4. The molecule has 0 heterocycles. The maximum atomic E-state index is 11.7. The van der Waals surface area contributed by atoms with Crippen LogP contribution in [-0.4, -0.2) is 18.7 Å². The monoisotopic (exact) mass is 329 g/mol. The van der Waals surface area contributed by atoms with E-state index in [4.69, 9.17) is 15.2 Å². The van der Waals surface area contributed by atoms with E-state index >= 15 is 0 Å². The number of ether oxygens (including phenoxy) is 2. The standard InChI is InChI=1S/C14H20BrNO3/c1-4-12(14(17)18-5-2)19-13-7-6-10(15)8-11(13)9(3)16/h6-9,12H,4-5,16H2,1-3H3/t9-,12?/m1/s1. The number of esters is 1. The van der Waals surface area contributed by atoms with Gasteiger partial charge < -0.3 is 15.2 Å². The summed E-state index contributed by atoms with van der Waals surface area (Å²) >= 11 is 3.40. The Balaban J connectivity index is 2.93. The first-order valence-electron chi connectivity index (χ1n) is 6.37. The second-order valence-corrected chi connectivity index (χ2v) is 5.15. The molecule has 0 spiro atoms. The minimum atomic E-state index is -0.598. The molecule has 1 unspecified atom stereocenters. The molecule has 1 aromatic rings. The van der Waals surface area contributed by atoms with E-state index in [2.05, 4.69) is 15.9 Å². The van der Waals surface area contributed by atoms with Gasteiger partial charge in [-0.05, 0) is 38.5 Å². The summed E-state index contributed by atoms with van der Waals surface area (Å²) in [5.74, 6) is 0.279. The van der Waals surface area contributed by atoms with Crippen molar-refractivity contribution in [3.05, 3.63) is 28.2 Å². The van der Waals surface area contributed by atoms with Gasteiger partial charge >= 0.3 is 5.97 Å². The van der Waals surface area contributed by atoms with Gasteiger partial charge in [0.05, 0.1) is 6.61 Å². The summed E-state index contributed by atoms with van der Waals surface area (Å²) in [4.78, 5) is 11.7. The first-order chi connectivity index (χ1) is 8.99. The summed E-state index contributed by atoms with van der Waals surface area (Å²) in [6, 6.07) is 5.40. The van der Waals surface area contributed by atoms with E-state index < -0.39 is 6.10 Å². The Kier molecular flexibility index (Phi) is 6.31. The number of carbonyl (C=O) groups excluding carboxylic acids is 1. The van der Waals surface area contributed by atoms with Gasteiger partial charge in [-0.3, -0.25) is 0 Å². The van der Waals surface area contributed by atoms with Gasteiger partial charge in [0.1, 0.15) is 5.75 Å². The fraction of sp³-hybridized carbons (Fsp3) is 0.500. The van der Waals surface area contributed by atoms with Crippen LogP contribution < -0.4 is 10.5 Å². The fourth-order valence-corrected chi connectivity index (χ4v) is 2.05. The minimum Gasteiger partial charge on any atom is -0.478 e. The Morgan fingerprint density at radius 3 is 2.63 bits per heavy atom. The highest BCUT2D eigenvalue weighted by molar-refractivity contribution is 9.10. The number of hydrogen-bond donors (Lipinski definition) is 1. The third-order valence-electron chi connectivity index (χ3n) is 2.65. The van der Waals surface area contributed by atoms with Crippen molar-refractivity contribution in [2.24, 2.45) is 5.73 Å². The molecule has 0 aliphatic rings. The van der Waals surface area contributed by atoms with E-state index in [1.807, 2.05) is 32.0 Å². The normalized spacial score (nSPS) is 13.7. The van der Waals surface area contributed by atoms with Crippen LogP contribution in [0, 0.1) is 0 Å². The molecule has 1 rings (SSSR count). The van der Waals surface area contributed by atoms with Gasteiger partial charge in [-0.25, -0.2) is 4.79 Å². The van der Waals surface area contributed by atoms with Crippen LogP contribution in [0.4, 0.5) is 0 Å². The van der Waals surface area contributed by atoms with Gasteiger partial charge in [-0.15, -0.1) is 0 Å². The first kappa shape index (κ1) is 16.0. The summed E-state index contributed by atoms with van der Waals surface area (Å²) in [7, 11) is 0. The number of hydrogen-bond acceptors (Lipinski definition) is 4. The lowest BCUT2D eigenvalue weighted by molar-refractivity contribution is -0.151. The zero-order valence-corrected chi connectivity index (χ0v) is 13.1. The Bertz CT molecular complexity index is 435. The van der Waals surface area contributed by atoms with Crippen molar-refractivity contribution in [2.45, 2.75) is 39.3 Å². The molecule has 4 nitrogen and oxygen atoms in total. The molecular weight excluding hydrogens is 310 g/mol. The molecule has 0 radical (unpaired) electrons. The smallest absolute Gasteiger partial charge is 0.347 e. The Hall–Kier alpha value is -1.07. The van der Waals surface area contributed by atoms with E-state index in [9.17, 15) is 4.79 Å². The van der Waals surface area contributed by atoms with Crippen LogP contribution in [0.15, 0.2) is 22.7 Å². The van der Waals surface area contributed by atoms with Gasteiger partial charge in [0.2, 0.25) is 0 Å². The van der Waals surface area contributed by atoms with Gasteiger partial charge in [-0.1, -0.05) is 22.9 Å². The third kappa shape index (κ3) is 4.51. The molecule has 0 saturated heterocycles. The molecule has 2 atom stereocenters. The quantitative estimate of drug-likeness (QED) is 0.814. The highest BCUT2D eigenvalue weighted by atomic mass is 79.9. The van der Waals surface area contributed by atoms with Crippen molar-refractivity contribution in [3.63, 3.8) is 0 Å². The summed E-state index contributed by atoms with van der Waals surface area (Å²) < 4.78 is 11.7. The van der Waals surface area contributed by atoms with Crippen molar-refractivity contribution in [1.82, 2.24) is 0 Å². The predicted molar refractivity (Wildman–Crippen MR) is 78.1 cm³/mol. The minimum absolute atomic E-state index is 0.174. The van der Waals surface area contributed by atoms with Crippen molar-refractivity contribution in [3.8, 4) is 5.75 Å². The van der Waals surface area contributed by atoms with Crippen LogP contribution in [-0.2, 0) is 9.53 Å². The number of benzene rings is 1. The fourth-order valence-electron chi connectivity index (χ4n) is 1.67. The van der Waals surface area contributed by atoms with Crippen LogP contribution in [0.2, 0.25) is 0 Å². The van der Waals surface area contributed by atoms with Gasteiger partial charge in [-0.2, -0.15) is 0 Å². The van der Waals surface area contributed by atoms with Crippen LogP contribution in [0.1, 0.15) is 38.8 Å². The molecule has 0 fully saturated rings. The van der Waals surface area contributed by atoms with Crippen molar-refractivity contribution in [1.29, 1.82) is 0 Å². The molecule has 5 heteroatoms. The van der Waals surface area contributed by atoms with Gasteiger partial charge in [0, 0.05) is 16.1 Å². The van der Waals surface area contributed by atoms with Crippen LogP contribution in [0.3, 0.4) is 0 Å². The van der Waals surface area contributed by atoms with Crippen molar-refractivity contribution in [2.75, 3.05) is 6.61 Å². The van der Waals surface area contributed by atoms with E-state index in [1.54, 1.807) is 6.92 Å².